The number of aromatic nitrogens is 2. The summed E-state index contributed by atoms with van der Waals surface area (Å²) in [6.45, 7) is 6.67. The van der Waals surface area contributed by atoms with Gasteiger partial charge in [0.1, 0.15) is 12.4 Å². The molecule has 1 N–H and O–H groups in total. The molecule has 0 fully saturated rings. The van der Waals surface area contributed by atoms with Crippen molar-refractivity contribution < 1.29 is 9.59 Å². The molecule has 0 radical (unpaired) electrons. The first kappa shape index (κ1) is 21.3. The van der Waals surface area contributed by atoms with Crippen LogP contribution in [0.5, 0.6) is 0 Å². The maximum atomic E-state index is 12.9. The predicted molar refractivity (Wildman–Crippen MR) is 119 cm³/mol. The van der Waals surface area contributed by atoms with Crippen molar-refractivity contribution in [1.82, 2.24) is 19.8 Å². The van der Waals surface area contributed by atoms with Gasteiger partial charge in [0.05, 0.1) is 11.0 Å². The molecule has 0 aliphatic carbocycles. The summed E-state index contributed by atoms with van der Waals surface area (Å²) in [6.07, 6.45) is 1.40. The number of hydrogen-bond acceptors (Lipinski definition) is 3. The highest BCUT2D eigenvalue weighted by molar-refractivity contribution is 5.92. The molecule has 30 heavy (non-hydrogen) atoms. The number of hydrogen-bond donors (Lipinski definition) is 1. The van der Waals surface area contributed by atoms with Gasteiger partial charge in [0.2, 0.25) is 11.8 Å². The fourth-order valence-corrected chi connectivity index (χ4v) is 3.29. The normalized spacial score (nSPS) is 10.7. The third-order valence-electron chi connectivity index (χ3n) is 4.97. The van der Waals surface area contributed by atoms with Gasteiger partial charge in [-0.3, -0.25) is 9.59 Å². The molecule has 0 aliphatic heterocycles. The minimum Gasteiger partial charge on any atom is -0.352 e. The molecule has 3 aromatic rings. The van der Waals surface area contributed by atoms with Crippen molar-refractivity contribution in [3.63, 3.8) is 0 Å². The van der Waals surface area contributed by atoms with Crippen LogP contribution in [0.1, 0.15) is 24.7 Å². The Labute approximate surface area is 177 Å². The number of nitrogens with zero attached hydrogens (tertiary/aromatic N) is 3. The van der Waals surface area contributed by atoms with E-state index in [4.69, 9.17) is 4.98 Å². The zero-order chi connectivity index (χ0) is 21.5. The van der Waals surface area contributed by atoms with E-state index in [1.54, 1.807) is 11.8 Å². The van der Waals surface area contributed by atoms with E-state index in [1.807, 2.05) is 66.2 Å². The minimum absolute atomic E-state index is 0.0267. The van der Waals surface area contributed by atoms with Crippen LogP contribution in [0.15, 0.2) is 66.7 Å². The Bertz CT molecular complexity index is 1040. The number of fused-ring (bicyclic) bond motifs is 1. The summed E-state index contributed by atoms with van der Waals surface area (Å²) in [7, 11) is 1.82. The van der Waals surface area contributed by atoms with Gasteiger partial charge in [-0.2, -0.15) is 0 Å². The first-order valence-corrected chi connectivity index (χ1v) is 10.1. The Morgan fingerprint density at radius 1 is 1.10 bits per heavy atom. The van der Waals surface area contributed by atoms with E-state index in [9.17, 15) is 9.59 Å². The zero-order valence-corrected chi connectivity index (χ0v) is 17.6. The van der Waals surface area contributed by atoms with Crippen molar-refractivity contribution in [3.8, 4) is 0 Å². The molecule has 1 heterocycles. The van der Waals surface area contributed by atoms with Gasteiger partial charge in [-0.15, -0.1) is 0 Å². The molecule has 156 valence electrons. The molecule has 0 atom stereocenters. The second kappa shape index (κ2) is 9.87. The van der Waals surface area contributed by atoms with Crippen LogP contribution >= 0.6 is 0 Å². The van der Waals surface area contributed by atoms with Crippen LogP contribution in [-0.4, -0.2) is 39.9 Å². The first-order valence-electron chi connectivity index (χ1n) is 10.1. The van der Waals surface area contributed by atoms with Crippen LogP contribution in [0.3, 0.4) is 0 Å². The lowest BCUT2D eigenvalue weighted by Crippen LogP contribution is -2.30. The van der Waals surface area contributed by atoms with E-state index < -0.39 is 0 Å². The number of imidazole rings is 1. The van der Waals surface area contributed by atoms with E-state index in [-0.39, 0.29) is 18.4 Å². The zero-order valence-electron chi connectivity index (χ0n) is 17.6. The van der Waals surface area contributed by atoms with Crippen molar-refractivity contribution >= 4 is 22.8 Å². The van der Waals surface area contributed by atoms with Crippen LogP contribution in [0, 0.1) is 0 Å². The third-order valence-corrected chi connectivity index (χ3v) is 4.97. The van der Waals surface area contributed by atoms with Crippen LogP contribution in [0.25, 0.3) is 11.0 Å². The molecular weight excluding hydrogens is 376 g/mol. The number of carbonyl (C=O) groups excluding carboxylic acids is 2. The Morgan fingerprint density at radius 3 is 2.53 bits per heavy atom. The predicted octanol–water partition coefficient (Wildman–Crippen LogP) is 3.32. The summed E-state index contributed by atoms with van der Waals surface area (Å²) in [6, 6.07) is 17.8. The van der Waals surface area contributed by atoms with Crippen LogP contribution < -0.4 is 5.32 Å². The fourth-order valence-electron chi connectivity index (χ4n) is 3.29. The SMILES string of the molecule is C=C(C)C(=O)NCCCc1nc2ccccc2n1CC(=O)N(C)Cc1ccccc1. The minimum atomic E-state index is -0.138. The van der Waals surface area contributed by atoms with Crippen molar-refractivity contribution in [3.05, 3.63) is 78.1 Å². The molecule has 3 rings (SSSR count). The Kier molecular flexibility index (Phi) is 7.01. The van der Waals surface area contributed by atoms with Gasteiger partial charge >= 0.3 is 0 Å². The van der Waals surface area contributed by atoms with E-state index >= 15 is 0 Å². The quantitative estimate of drug-likeness (QED) is 0.439. The molecule has 0 saturated heterocycles. The van der Waals surface area contributed by atoms with Gasteiger partial charge in [0, 0.05) is 32.1 Å². The molecule has 0 saturated carbocycles. The van der Waals surface area contributed by atoms with E-state index in [0.717, 1.165) is 28.8 Å². The molecular formula is C24H28N4O2. The molecule has 1 aromatic heterocycles. The highest BCUT2D eigenvalue weighted by atomic mass is 16.2. The number of aryl methyl sites for hydroxylation is 1. The summed E-state index contributed by atoms with van der Waals surface area (Å²) in [5.41, 5.74) is 3.41. The van der Waals surface area contributed by atoms with E-state index in [0.29, 0.717) is 25.1 Å². The van der Waals surface area contributed by atoms with Crippen molar-refractivity contribution in [1.29, 1.82) is 0 Å². The van der Waals surface area contributed by atoms with Gasteiger partial charge < -0.3 is 14.8 Å². The molecule has 0 spiro atoms. The maximum Gasteiger partial charge on any atom is 0.246 e. The number of rotatable bonds is 9. The molecule has 6 heteroatoms. The number of nitrogens with one attached hydrogen (secondary N) is 1. The number of amides is 2. The topological polar surface area (TPSA) is 67.2 Å². The maximum absolute atomic E-state index is 12.9. The lowest BCUT2D eigenvalue weighted by molar-refractivity contribution is -0.131. The number of carbonyl (C=O) groups is 2. The number of likely N-dealkylation sites (N-methyl/N-ethyl adjacent to an activating group) is 1. The van der Waals surface area contributed by atoms with Crippen LogP contribution in [0.4, 0.5) is 0 Å². The Balaban J connectivity index is 1.70. The summed E-state index contributed by atoms with van der Waals surface area (Å²) >= 11 is 0. The third kappa shape index (κ3) is 5.35. The largest absolute Gasteiger partial charge is 0.352 e. The Morgan fingerprint density at radius 2 is 1.80 bits per heavy atom. The molecule has 6 nitrogen and oxygen atoms in total. The summed E-state index contributed by atoms with van der Waals surface area (Å²) in [5, 5.41) is 2.84. The molecule has 0 bridgehead atoms. The first-order chi connectivity index (χ1) is 14.5. The average molecular weight is 405 g/mol. The lowest BCUT2D eigenvalue weighted by Gasteiger charge is -2.19. The summed E-state index contributed by atoms with van der Waals surface area (Å²) in [5.74, 6) is 0.738. The Hall–Kier alpha value is -3.41. The average Bonchev–Trinajstić information content (AvgIpc) is 3.09. The lowest BCUT2D eigenvalue weighted by atomic mass is 10.2. The fraction of sp³-hybridized carbons (Fsp3) is 0.292. The standard InChI is InChI=1S/C24H28N4O2/c1-18(2)24(30)25-15-9-14-22-26-20-12-7-8-13-21(20)28(22)17-23(29)27(3)16-19-10-5-4-6-11-19/h4-8,10-13H,1,9,14-17H2,2-3H3,(H,25,30). The van der Waals surface area contributed by atoms with Crippen molar-refractivity contribution in [2.45, 2.75) is 32.9 Å². The molecule has 2 amide bonds. The van der Waals surface area contributed by atoms with Gasteiger partial charge in [-0.05, 0) is 31.0 Å². The van der Waals surface area contributed by atoms with Crippen molar-refractivity contribution in [2.24, 2.45) is 0 Å². The van der Waals surface area contributed by atoms with Gasteiger partial charge in [0.15, 0.2) is 0 Å². The molecule has 0 aliphatic rings. The number of benzene rings is 2. The second-order valence-electron chi connectivity index (χ2n) is 7.48. The van der Waals surface area contributed by atoms with E-state index in [2.05, 4.69) is 11.9 Å². The van der Waals surface area contributed by atoms with Gasteiger partial charge in [0.25, 0.3) is 0 Å². The van der Waals surface area contributed by atoms with Crippen LogP contribution in [-0.2, 0) is 29.1 Å². The highest BCUT2D eigenvalue weighted by Crippen LogP contribution is 2.18. The van der Waals surface area contributed by atoms with Crippen LogP contribution in [0.2, 0.25) is 0 Å². The highest BCUT2D eigenvalue weighted by Gasteiger charge is 2.16. The summed E-state index contributed by atoms with van der Waals surface area (Å²) < 4.78 is 1.99. The van der Waals surface area contributed by atoms with Gasteiger partial charge in [-0.1, -0.05) is 49.0 Å². The monoisotopic (exact) mass is 404 g/mol. The van der Waals surface area contributed by atoms with E-state index in [1.165, 1.54) is 0 Å². The van der Waals surface area contributed by atoms with Crippen molar-refractivity contribution in [2.75, 3.05) is 13.6 Å². The molecule has 0 unspecified atom stereocenters. The second-order valence-corrected chi connectivity index (χ2v) is 7.48. The van der Waals surface area contributed by atoms with Gasteiger partial charge in [-0.25, -0.2) is 4.98 Å². The summed E-state index contributed by atoms with van der Waals surface area (Å²) in [4.78, 5) is 31.0. The molecule has 2 aromatic carbocycles. The smallest absolute Gasteiger partial charge is 0.246 e. The number of para-hydroxylation sites is 2.